The molecule has 5 nitrogen and oxygen atoms in total. The van der Waals surface area contributed by atoms with E-state index >= 15 is 0 Å². The van der Waals surface area contributed by atoms with Crippen molar-refractivity contribution < 1.29 is 9.59 Å². The lowest BCUT2D eigenvalue weighted by Crippen LogP contribution is -2.58. The third kappa shape index (κ3) is 1.94. The molecule has 5 rings (SSSR count). The fraction of sp³-hybridized carbons (Fsp3) is 0.238. The van der Waals surface area contributed by atoms with Crippen LogP contribution in [-0.4, -0.2) is 35.3 Å². The summed E-state index contributed by atoms with van der Waals surface area (Å²) in [6.07, 6.45) is 0.723. The van der Waals surface area contributed by atoms with Gasteiger partial charge in [-0.3, -0.25) is 9.59 Å². The number of benzene rings is 2. The minimum Gasteiger partial charge on any atom is -0.355 e. The van der Waals surface area contributed by atoms with Crippen molar-refractivity contribution in [3.05, 3.63) is 63.8 Å². The number of halogens is 1. The van der Waals surface area contributed by atoms with E-state index in [0.717, 1.165) is 44.3 Å². The molecular weight excluding hydrogens is 406 g/mol. The molecule has 0 saturated carbocycles. The largest absolute Gasteiger partial charge is 0.355 e. The first kappa shape index (κ1) is 16.6. The molecule has 2 aliphatic rings. The third-order valence-corrected chi connectivity index (χ3v) is 6.36. The molecule has 2 aliphatic heterocycles. The van der Waals surface area contributed by atoms with E-state index < -0.39 is 5.54 Å². The lowest BCUT2D eigenvalue weighted by Gasteiger charge is -2.43. The van der Waals surface area contributed by atoms with Gasteiger partial charge in [0.05, 0.1) is 5.69 Å². The highest BCUT2D eigenvalue weighted by molar-refractivity contribution is 9.10. The molecule has 2 aromatic carbocycles. The number of carbonyl (C=O) groups excluding carboxylic acids is 2. The SMILES string of the molecule is CC(=O)N1CCc2c([nH]c3ccccc23)C12C(=O)N(C)c1ccc(Br)cc12. The maximum Gasteiger partial charge on any atom is 0.263 e. The van der Waals surface area contributed by atoms with Gasteiger partial charge < -0.3 is 14.8 Å². The summed E-state index contributed by atoms with van der Waals surface area (Å²) in [5.41, 5.74) is 3.46. The van der Waals surface area contributed by atoms with Gasteiger partial charge in [0.25, 0.3) is 5.91 Å². The van der Waals surface area contributed by atoms with E-state index in [1.165, 1.54) is 0 Å². The second kappa shape index (κ2) is 5.45. The summed E-state index contributed by atoms with van der Waals surface area (Å²) < 4.78 is 0.885. The Kier molecular flexibility index (Phi) is 3.35. The van der Waals surface area contributed by atoms with Gasteiger partial charge in [0, 0.05) is 47.1 Å². The van der Waals surface area contributed by atoms with Gasteiger partial charge in [0.1, 0.15) is 0 Å². The second-order valence-electron chi connectivity index (χ2n) is 7.18. The quantitative estimate of drug-likeness (QED) is 0.600. The van der Waals surface area contributed by atoms with Crippen molar-refractivity contribution in [2.75, 3.05) is 18.5 Å². The van der Waals surface area contributed by atoms with Gasteiger partial charge in [0.2, 0.25) is 5.91 Å². The molecule has 0 saturated heterocycles. The Labute approximate surface area is 165 Å². The molecule has 0 bridgehead atoms. The Hall–Kier alpha value is -2.60. The van der Waals surface area contributed by atoms with Gasteiger partial charge in [-0.15, -0.1) is 0 Å². The number of hydrogen-bond acceptors (Lipinski definition) is 2. The predicted octanol–water partition coefficient (Wildman–Crippen LogP) is 3.56. The number of para-hydroxylation sites is 1. The molecule has 3 heterocycles. The van der Waals surface area contributed by atoms with Gasteiger partial charge >= 0.3 is 0 Å². The molecule has 1 aromatic heterocycles. The zero-order valence-electron chi connectivity index (χ0n) is 15.0. The van der Waals surface area contributed by atoms with Crippen LogP contribution in [0.3, 0.4) is 0 Å². The van der Waals surface area contributed by atoms with Gasteiger partial charge in [-0.05, 0) is 36.2 Å². The van der Waals surface area contributed by atoms with Crippen LogP contribution in [0, 0.1) is 0 Å². The maximum absolute atomic E-state index is 13.7. The molecule has 1 spiro atoms. The number of nitrogens with one attached hydrogen (secondary N) is 1. The molecule has 0 fully saturated rings. The molecule has 136 valence electrons. The molecule has 0 aliphatic carbocycles. The van der Waals surface area contributed by atoms with Crippen LogP contribution in [0.1, 0.15) is 23.7 Å². The van der Waals surface area contributed by atoms with E-state index in [1.54, 1.807) is 23.8 Å². The molecule has 2 amide bonds. The maximum atomic E-state index is 13.7. The number of hydrogen-bond donors (Lipinski definition) is 1. The van der Waals surface area contributed by atoms with Crippen molar-refractivity contribution >= 4 is 44.3 Å². The fourth-order valence-corrected chi connectivity index (χ4v) is 5.11. The van der Waals surface area contributed by atoms with Crippen LogP contribution in [0.4, 0.5) is 5.69 Å². The zero-order chi connectivity index (χ0) is 18.9. The number of H-pyrrole nitrogens is 1. The van der Waals surface area contributed by atoms with Crippen LogP contribution in [0.5, 0.6) is 0 Å². The second-order valence-corrected chi connectivity index (χ2v) is 8.10. The smallest absolute Gasteiger partial charge is 0.263 e. The normalized spacial score (nSPS) is 21.1. The number of aromatic nitrogens is 1. The van der Waals surface area contributed by atoms with E-state index in [0.29, 0.717) is 6.54 Å². The van der Waals surface area contributed by atoms with Crippen LogP contribution in [-0.2, 0) is 21.5 Å². The Morgan fingerprint density at radius 2 is 2.00 bits per heavy atom. The molecule has 1 N–H and O–H groups in total. The highest BCUT2D eigenvalue weighted by Crippen LogP contribution is 2.52. The lowest BCUT2D eigenvalue weighted by atomic mass is 9.80. The van der Waals surface area contributed by atoms with Crippen molar-refractivity contribution in [2.24, 2.45) is 0 Å². The van der Waals surface area contributed by atoms with Crippen LogP contribution < -0.4 is 4.90 Å². The molecule has 3 aromatic rings. The van der Waals surface area contributed by atoms with E-state index in [2.05, 4.69) is 27.0 Å². The zero-order valence-corrected chi connectivity index (χ0v) is 16.6. The van der Waals surface area contributed by atoms with E-state index in [1.807, 2.05) is 36.4 Å². The first-order valence-electron chi connectivity index (χ1n) is 8.92. The predicted molar refractivity (Wildman–Crippen MR) is 108 cm³/mol. The van der Waals surface area contributed by atoms with Crippen molar-refractivity contribution in [3.63, 3.8) is 0 Å². The minimum atomic E-state index is -1.15. The number of amides is 2. The number of carbonyl (C=O) groups is 2. The summed E-state index contributed by atoms with van der Waals surface area (Å²) in [7, 11) is 1.78. The van der Waals surface area contributed by atoms with Crippen molar-refractivity contribution in [2.45, 2.75) is 18.9 Å². The van der Waals surface area contributed by atoms with Crippen LogP contribution in [0.15, 0.2) is 46.9 Å². The molecular formula is C21H18BrN3O2. The molecule has 27 heavy (non-hydrogen) atoms. The number of rotatable bonds is 0. The first-order valence-corrected chi connectivity index (χ1v) is 9.72. The Morgan fingerprint density at radius 3 is 2.78 bits per heavy atom. The molecule has 6 heteroatoms. The molecule has 1 unspecified atom stereocenters. The average Bonchev–Trinajstić information content (AvgIpc) is 3.13. The Morgan fingerprint density at radius 1 is 1.22 bits per heavy atom. The van der Waals surface area contributed by atoms with Gasteiger partial charge in [-0.25, -0.2) is 0 Å². The number of nitrogens with zero attached hydrogens (tertiary/aromatic N) is 2. The summed E-state index contributed by atoms with van der Waals surface area (Å²) in [6, 6.07) is 13.9. The number of anilines is 1. The minimum absolute atomic E-state index is 0.0988. The Balaban J connectivity index is 1.93. The van der Waals surface area contributed by atoms with Crippen molar-refractivity contribution in [1.82, 2.24) is 9.88 Å². The molecule has 0 radical (unpaired) electrons. The summed E-state index contributed by atoms with van der Waals surface area (Å²) in [5, 5.41) is 1.12. The van der Waals surface area contributed by atoms with Gasteiger partial charge in [0.15, 0.2) is 5.54 Å². The first-order chi connectivity index (χ1) is 13.0. The van der Waals surface area contributed by atoms with Crippen LogP contribution >= 0.6 is 15.9 Å². The number of fused-ring (bicyclic) bond motifs is 6. The Bertz CT molecular complexity index is 1140. The van der Waals surface area contributed by atoms with Gasteiger partial charge in [-0.2, -0.15) is 0 Å². The summed E-state index contributed by atoms with van der Waals surface area (Å²) in [5.74, 6) is -0.202. The highest BCUT2D eigenvalue weighted by Gasteiger charge is 2.59. The highest BCUT2D eigenvalue weighted by atomic mass is 79.9. The summed E-state index contributed by atoms with van der Waals surface area (Å²) in [4.78, 5) is 33.2. The standard InChI is InChI=1S/C21H18BrN3O2/c1-12(26)25-10-9-15-14-5-3-4-6-17(14)23-19(15)21(25)16-11-13(22)7-8-18(16)24(2)20(21)27/h3-8,11,23H,9-10H2,1-2H3. The number of likely N-dealkylation sites (N-methyl/N-ethyl adjacent to an activating group) is 1. The fourth-order valence-electron chi connectivity index (χ4n) is 4.75. The topological polar surface area (TPSA) is 56.4 Å². The third-order valence-electron chi connectivity index (χ3n) is 5.87. The van der Waals surface area contributed by atoms with Crippen LogP contribution in [0.2, 0.25) is 0 Å². The average molecular weight is 424 g/mol. The molecule has 1 atom stereocenters. The number of aromatic amines is 1. The summed E-state index contributed by atoms with van der Waals surface area (Å²) >= 11 is 3.54. The van der Waals surface area contributed by atoms with E-state index in [4.69, 9.17) is 0 Å². The summed E-state index contributed by atoms with van der Waals surface area (Å²) in [6.45, 7) is 2.05. The van der Waals surface area contributed by atoms with Crippen molar-refractivity contribution in [3.8, 4) is 0 Å². The van der Waals surface area contributed by atoms with E-state index in [9.17, 15) is 9.59 Å². The van der Waals surface area contributed by atoms with Crippen molar-refractivity contribution in [1.29, 1.82) is 0 Å². The monoisotopic (exact) mass is 423 g/mol. The lowest BCUT2D eigenvalue weighted by molar-refractivity contribution is -0.143. The van der Waals surface area contributed by atoms with Crippen LogP contribution in [0.25, 0.3) is 10.9 Å². The van der Waals surface area contributed by atoms with E-state index in [-0.39, 0.29) is 11.8 Å². The van der Waals surface area contributed by atoms with Gasteiger partial charge in [-0.1, -0.05) is 34.1 Å².